The topological polar surface area (TPSA) is 0 Å². The molecule has 0 N–H and O–H groups in total. The molecule has 1 aliphatic heterocycles. The van der Waals surface area contributed by atoms with Crippen LogP contribution in [-0.2, 0) is 5.41 Å². The van der Waals surface area contributed by atoms with Crippen molar-refractivity contribution in [2.45, 2.75) is 18.3 Å². The monoisotopic (exact) mass is 252 g/mol. The Balaban J connectivity index is 2.03. The Morgan fingerprint density at radius 1 is 0.722 bits per heavy atom. The fourth-order valence-corrected chi connectivity index (χ4v) is 4.86. The van der Waals surface area contributed by atoms with Crippen molar-refractivity contribution in [1.29, 1.82) is 0 Å². The first kappa shape index (κ1) is 10.7. The normalized spacial score (nSPS) is 19.6. The number of thioether (sulfide) groups is 1. The first-order valence-electron chi connectivity index (χ1n) is 6.69. The van der Waals surface area contributed by atoms with Gasteiger partial charge in [0, 0.05) is 5.41 Å². The molecule has 1 aliphatic carbocycles. The zero-order valence-electron chi connectivity index (χ0n) is 10.4. The van der Waals surface area contributed by atoms with Gasteiger partial charge in [-0.2, -0.15) is 11.8 Å². The fourth-order valence-electron chi connectivity index (χ4n) is 3.67. The van der Waals surface area contributed by atoms with Gasteiger partial charge in [-0.25, -0.2) is 0 Å². The fraction of sp³-hybridized carbons (Fsp3) is 0.294. The molecule has 2 aliphatic rings. The molecule has 0 radical (unpaired) electrons. The highest BCUT2D eigenvalue weighted by Crippen LogP contribution is 2.54. The maximum Gasteiger partial charge on any atom is 0.0230 e. The van der Waals surface area contributed by atoms with Gasteiger partial charge in [0.25, 0.3) is 0 Å². The highest BCUT2D eigenvalue weighted by Gasteiger charge is 2.43. The van der Waals surface area contributed by atoms with Crippen LogP contribution in [0.3, 0.4) is 0 Å². The van der Waals surface area contributed by atoms with Crippen LogP contribution in [0, 0.1) is 0 Å². The van der Waals surface area contributed by atoms with Gasteiger partial charge in [0.05, 0.1) is 0 Å². The molecule has 2 aromatic rings. The van der Waals surface area contributed by atoms with Crippen LogP contribution < -0.4 is 0 Å². The van der Waals surface area contributed by atoms with Crippen molar-refractivity contribution >= 4 is 11.8 Å². The Bertz CT molecular complexity index is 547. The van der Waals surface area contributed by atoms with Gasteiger partial charge in [-0.15, -0.1) is 0 Å². The lowest BCUT2D eigenvalue weighted by molar-refractivity contribution is 0.487. The molecule has 1 spiro atoms. The Hall–Kier alpha value is -1.21. The lowest BCUT2D eigenvalue weighted by Crippen LogP contribution is -2.30. The van der Waals surface area contributed by atoms with Crippen molar-refractivity contribution in [3.8, 4) is 11.1 Å². The van der Waals surface area contributed by atoms with Crippen molar-refractivity contribution in [3.63, 3.8) is 0 Å². The second-order valence-corrected chi connectivity index (χ2v) is 6.51. The molecule has 1 heterocycles. The van der Waals surface area contributed by atoms with Crippen LogP contribution in [0.25, 0.3) is 11.1 Å². The van der Waals surface area contributed by atoms with Crippen LogP contribution >= 0.6 is 11.8 Å². The summed E-state index contributed by atoms with van der Waals surface area (Å²) in [6, 6.07) is 18.0. The van der Waals surface area contributed by atoms with Crippen LogP contribution in [0.1, 0.15) is 24.0 Å². The summed E-state index contributed by atoms with van der Waals surface area (Å²) in [5.74, 6) is 2.59. The maximum atomic E-state index is 2.35. The van der Waals surface area contributed by atoms with Crippen molar-refractivity contribution in [3.05, 3.63) is 59.7 Å². The van der Waals surface area contributed by atoms with E-state index >= 15 is 0 Å². The minimum absolute atomic E-state index is 0.318. The summed E-state index contributed by atoms with van der Waals surface area (Å²) in [7, 11) is 0. The molecule has 90 valence electrons. The van der Waals surface area contributed by atoms with E-state index in [1.54, 1.807) is 11.1 Å². The predicted octanol–water partition coefficient (Wildman–Crippen LogP) is 4.48. The molecule has 1 saturated heterocycles. The average Bonchev–Trinajstić information content (AvgIpc) is 2.72. The lowest BCUT2D eigenvalue weighted by atomic mass is 9.73. The standard InChI is InChI=1S/C17H16S/c1-3-7-15-13(5-1)14-6-2-4-8-16(14)17(15)9-11-18-12-10-17/h1-8H,9-12H2. The van der Waals surface area contributed by atoms with Crippen LogP contribution in [0.15, 0.2) is 48.5 Å². The van der Waals surface area contributed by atoms with Gasteiger partial charge < -0.3 is 0 Å². The molecule has 1 fully saturated rings. The second kappa shape index (κ2) is 3.89. The smallest absolute Gasteiger partial charge is 0.0230 e. The number of benzene rings is 2. The minimum Gasteiger partial charge on any atom is -0.162 e. The van der Waals surface area contributed by atoms with E-state index in [1.165, 1.54) is 35.5 Å². The number of fused-ring (bicyclic) bond motifs is 5. The third-order valence-electron chi connectivity index (χ3n) is 4.52. The summed E-state index contributed by atoms with van der Waals surface area (Å²) in [6.45, 7) is 0. The van der Waals surface area contributed by atoms with Crippen molar-refractivity contribution in [2.75, 3.05) is 11.5 Å². The zero-order chi connectivity index (χ0) is 12.0. The summed E-state index contributed by atoms with van der Waals surface area (Å²) in [5.41, 5.74) is 6.41. The van der Waals surface area contributed by atoms with E-state index < -0.39 is 0 Å². The first-order chi connectivity index (χ1) is 8.92. The third kappa shape index (κ3) is 1.28. The molecule has 0 atom stereocenters. The molecule has 0 aromatic heterocycles. The van der Waals surface area contributed by atoms with E-state index in [-0.39, 0.29) is 0 Å². The van der Waals surface area contributed by atoms with E-state index in [9.17, 15) is 0 Å². The van der Waals surface area contributed by atoms with Crippen LogP contribution in [0.2, 0.25) is 0 Å². The Labute approximate surface area is 112 Å². The summed E-state index contributed by atoms with van der Waals surface area (Å²) in [6.07, 6.45) is 2.59. The van der Waals surface area contributed by atoms with E-state index in [0.717, 1.165) is 0 Å². The van der Waals surface area contributed by atoms with Gasteiger partial charge >= 0.3 is 0 Å². The molecule has 0 bridgehead atoms. The number of hydrogen-bond donors (Lipinski definition) is 0. The quantitative estimate of drug-likeness (QED) is 0.666. The molecular weight excluding hydrogens is 236 g/mol. The molecular formula is C17H16S. The number of rotatable bonds is 0. The zero-order valence-corrected chi connectivity index (χ0v) is 11.2. The van der Waals surface area contributed by atoms with E-state index in [1.807, 2.05) is 0 Å². The highest BCUT2D eigenvalue weighted by molar-refractivity contribution is 7.99. The van der Waals surface area contributed by atoms with Crippen molar-refractivity contribution in [1.82, 2.24) is 0 Å². The molecule has 0 amide bonds. The van der Waals surface area contributed by atoms with E-state index in [2.05, 4.69) is 60.3 Å². The summed E-state index contributed by atoms with van der Waals surface area (Å²) < 4.78 is 0. The van der Waals surface area contributed by atoms with Gasteiger partial charge in [0.2, 0.25) is 0 Å². The van der Waals surface area contributed by atoms with Gasteiger partial charge in [-0.3, -0.25) is 0 Å². The largest absolute Gasteiger partial charge is 0.162 e. The Kier molecular flexibility index (Phi) is 2.31. The molecule has 1 heteroatoms. The third-order valence-corrected chi connectivity index (χ3v) is 5.51. The van der Waals surface area contributed by atoms with Crippen LogP contribution in [0.5, 0.6) is 0 Å². The lowest BCUT2D eigenvalue weighted by Gasteiger charge is -2.35. The second-order valence-electron chi connectivity index (χ2n) is 5.29. The Morgan fingerprint density at radius 3 is 1.78 bits per heavy atom. The van der Waals surface area contributed by atoms with Crippen molar-refractivity contribution in [2.24, 2.45) is 0 Å². The molecule has 0 unspecified atom stereocenters. The summed E-state index contributed by atoms with van der Waals surface area (Å²) in [5, 5.41) is 0. The predicted molar refractivity (Wildman–Crippen MR) is 79.2 cm³/mol. The van der Waals surface area contributed by atoms with Gasteiger partial charge in [0.15, 0.2) is 0 Å². The minimum atomic E-state index is 0.318. The molecule has 4 rings (SSSR count). The SMILES string of the molecule is c1ccc2c(c1)-c1ccccc1C21CCSCC1. The summed E-state index contributed by atoms with van der Waals surface area (Å²) in [4.78, 5) is 0. The van der Waals surface area contributed by atoms with Crippen LogP contribution in [-0.4, -0.2) is 11.5 Å². The first-order valence-corrected chi connectivity index (χ1v) is 7.84. The van der Waals surface area contributed by atoms with E-state index in [0.29, 0.717) is 5.41 Å². The van der Waals surface area contributed by atoms with Gasteiger partial charge in [-0.05, 0) is 46.6 Å². The number of hydrogen-bond acceptors (Lipinski definition) is 1. The summed E-state index contributed by atoms with van der Waals surface area (Å²) >= 11 is 2.11. The van der Waals surface area contributed by atoms with Crippen LogP contribution in [0.4, 0.5) is 0 Å². The highest BCUT2D eigenvalue weighted by atomic mass is 32.2. The van der Waals surface area contributed by atoms with Crippen molar-refractivity contribution < 1.29 is 0 Å². The molecule has 0 nitrogen and oxygen atoms in total. The maximum absolute atomic E-state index is 2.35. The molecule has 0 saturated carbocycles. The molecule has 18 heavy (non-hydrogen) atoms. The average molecular weight is 252 g/mol. The van der Waals surface area contributed by atoms with Gasteiger partial charge in [0.1, 0.15) is 0 Å². The Morgan fingerprint density at radius 2 is 1.22 bits per heavy atom. The molecule has 2 aromatic carbocycles. The van der Waals surface area contributed by atoms with Gasteiger partial charge in [-0.1, -0.05) is 48.5 Å². The van der Waals surface area contributed by atoms with E-state index in [4.69, 9.17) is 0 Å².